The third kappa shape index (κ3) is 3.49. The van der Waals surface area contributed by atoms with Gasteiger partial charge in [0.05, 0.1) is 6.54 Å². The van der Waals surface area contributed by atoms with Gasteiger partial charge in [0.15, 0.2) is 5.76 Å². The minimum atomic E-state index is -0.414. The van der Waals surface area contributed by atoms with Crippen molar-refractivity contribution < 1.29 is 14.0 Å². The van der Waals surface area contributed by atoms with Gasteiger partial charge in [0.1, 0.15) is 5.58 Å². The fourth-order valence-corrected chi connectivity index (χ4v) is 2.74. The molecule has 0 bridgehead atoms. The molecule has 3 aromatic rings. The highest BCUT2D eigenvalue weighted by molar-refractivity contribution is 9.10. The number of hydrogen-bond donors (Lipinski definition) is 2. The Morgan fingerprint density at radius 2 is 1.88 bits per heavy atom. The smallest absolute Gasteiger partial charge is 0.287 e. The van der Waals surface area contributed by atoms with E-state index in [-0.39, 0.29) is 18.2 Å². The molecule has 1 heterocycles. The van der Waals surface area contributed by atoms with Crippen LogP contribution in [0.25, 0.3) is 11.0 Å². The summed E-state index contributed by atoms with van der Waals surface area (Å²) in [7, 11) is 0. The maximum atomic E-state index is 12.3. The molecule has 0 aliphatic rings. The van der Waals surface area contributed by atoms with Crippen molar-refractivity contribution >= 4 is 44.4 Å². The molecule has 0 spiro atoms. The van der Waals surface area contributed by atoms with Crippen LogP contribution in [0.2, 0.25) is 0 Å². The number of benzene rings is 2. The maximum Gasteiger partial charge on any atom is 0.287 e. The Balaban J connectivity index is 1.67. The lowest BCUT2D eigenvalue weighted by Crippen LogP contribution is -2.32. The molecule has 1 aromatic heterocycles. The first kappa shape index (κ1) is 16.3. The Morgan fingerprint density at radius 1 is 1.12 bits per heavy atom. The van der Waals surface area contributed by atoms with Crippen molar-refractivity contribution in [1.29, 1.82) is 0 Å². The van der Waals surface area contributed by atoms with Crippen LogP contribution in [0.15, 0.2) is 57.4 Å². The Kier molecular flexibility index (Phi) is 4.66. The monoisotopic (exact) mass is 386 g/mol. The Bertz CT molecular complexity index is 903. The van der Waals surface area contributed by atoms with Gasteiger partial charge in [-0.25, -0.2) is 0 Å². The number of rotatable bonds is 4. The van der Waals surface area contributed by atoms with Crippen LogP contribution < -0.4 is 10.6 Å². The summed E-state index contributed by atoms with van der Waals surface area (Å²) >= 11 is 3.40. The molecule has 6 heteroatoms. The molecule has 5 nitrogen and oxygen atoms in total. The van der Waals surface area contributed by atoms with E-state index >= 15 is 0 Å². The molecular weight excluding hydrogens is 372 g/mol. The van der Waals surface area contributed by atoms with Crippen LogP contribution in [-0.2, 0) is 4.79 Å². The van der Waals surface area contributed by atoms with Crippen molar-refractivity contribution in [3.63, 3.8) is 0 Å². The molecule has 122 valence electrons. The largest absolute Gasteiger partial charge is 0.451 e. The minimum absolute atomic E-state index is 0.131. The zero-order chi connectivity index (χ0) is 17.1. The second-order valence-corrected chi connectivity index (χ2v) is 6.21. The zero-order valence-corrected chi connectivity index (χ0v) is 14.5. The predicted molar refractivity (Wildman–Crippen MR) is 96.1 cm³/mol. The molecule has 0 radical (unpaired) electrons. The third-order valence-corrected chi connectivity index (χ3v) is 4.06. The number of carbonyl (C=O) groups excluding carboxylic acids is 2. The molecule has 0 fully saturated rings. The normalized spacial score (nSPS) is 10.6. The number of fused-ring (bicyclic) bond motifs is 1. The minimum Gasteiger partial charge on any atom is -0.451 e. The summed E-state index contributed by atoms with van der Waals surface area (Å²) in [5.74, 6) is -0.496. The van der Waals surface area contributed by atoms with Crippen LogP contribution in [0.1, 0.15) is 16.1 Å². The fourth-order valence-electron chi connectivity index (χ4n) is 2.38. The first-order valence-electron chi connectivity index (χ1n) is 7.36. The van der Waals surface area contributed by atoms with Crippen molar-refractivity contribution in [3.05, 3.63) is 64.3 Å². The first-order chi connectivity index (χ1) is 11.5. The molecule has 2 N–H and O–H groups in total. The van der Waals surface area contributed by atoms with Crippen molar-refractivity contribution in [2.45, 2.75) is 6.92 Å². The van der Waals surface area contributed by atoms with E-state index in [9.17, 15) is 9.59 Å². The number of para-hydroxylation sites is 1. The number of carbonyl (C=O) groups is 2. The van der Waals surface area contributed by atoms with Crippen molar-refractivity contribution in [2.75, 3.05) is 11.9 Å². The van der Waals surface area contributed by atoms with E-state index < -0.39 is 5.91 Å². The summed E-state index contributed by atoms with van der Waals surface area (Å²) in [4.78, 5) is 24.2. The topological polar surface area (TPSA) is 71.3 Å². The Hall–Kier alpha value is -2.60. The van der Waals surface area contributed by atoms with Gasteiger partial charge in [-0.3, -0.25) is 9.59 Å². The van der Waals surface area contributed by atoms with Gasteiger partial charge in [0.25, 0.3) is 5.91 Å². The summed E-state index contributed by atoms with van der Waals surface area (Å²) < 4.78 is 6.51. The predicted octanol–water partition coefficient (Wildman–Crippen LogP) is 3.87. The van der Waals surface area contributed by atoms with Crippen LogP contribution in [0.4, 0.5) is 5.69 Å². The fraction of sp³-hybridized carbons (Fsp3) is 0.111. The highest BCUT2D eigenvalue weighted by Gasteiger charge is 2.18. The van der Waals surface area contributed by atoms with Crippen molar-refractivity contribution in [1.82, 2.24) is 5.32 Å². The van der Waals surface area contributed by atoms with E-state index in [4.69, 9.17) is 4.42 Å². The van der Waals surface area contributed by atoms with Crippen LogP contribution in [0.5, 0.6) is 0 Å². The molecule has 3 rings (SSSR count). The van der Waals surface area contributed by atoms with Crippen LogP contribution in [0, 0.1) is 6.92 Å². The van der Waals surface area contributed by atoms with Crippen molar-refractivity contribution in [3.8, 4) is 0 Å². The van der Waals surface area contributed by atoms with Gasteiger partial charge < -0.3 is 15.1 Å². The molecule has 0 saturated heterocycles. The number of amides is 2. The number of furan rings is 1. The molecule has 2 aromatic carbocycles. The van der Waals surface area contributed by atoms with Gasteiger partial charge in [0, 0.05) is 21.1 Å². The maximum absolute atomic E-state index is 12.3. The second-order valence-electron chi connectivity index (χ2n) is 5.29. The van der Waals surface area contributed by atoms with Gasteiger partial charge in [-0.2, -0.15) is 0 Å². The summed E-state index contributed by atoms with van der Waals surface area (Å²) in [6.07, 6.45) is 0. The van der Waals surface area contributed by atoms with Gasteiger partial charge in [-0.05, 0) is 37.3 Å². The average Bonchev–Trinajstić information content (AvgIpc) is 2.90. The Labute approximate surface area is 147 Å². The molecule has 0 aliphatic heterocycles. The third-order valence-electron chi connectivity index (χ3n) is 3.57. The van der Waals surface area contributed by atoms with Gasteiger partial charge in [-0.15, -0.1) is 0 Å². The van der Waals surface area contributed by atoms with E-state index in [1.54, 1.807) is 18.2 Å². The number of aryl methyl sites for hydroxylation is 1. The number of hydrogen-bond acceptors (Lipinski definition) is 3. The molecule has 0 atom stereocenters. The van der Waals surface area contributed by atoms with Gasteiger partial charge in [0.2, 0.25) is 5.91 Å². The summed E-state index contributed by atoms with van der Waals surface area (Å²) in [6.45, 7) is 1.69. The molecule has 2 amide bonds. The molecule has 0 aliphatic carbocycles. The standard InChI is InChI=1S/C18H15BrN2O3/c1-11-14-9-12(19)7-8-15(14)24-17(11)18(23)20-10-16(22)21-13-5-3-2-4-6-13/h2-9H,10H2,1H3,(H,20,23)(H,21,22). The number of nitrogens with one attached hydrogen (secondary N) is 2. The zero-order valence-electron chi connectivity index (χ0n) is 12.9. The summed E-state index contributed by atoms with van der Waals surface area (Å²) in [5, 5.41) is 6.15. The van der Waals surface area contributed by atoms with Crippen LogP contribution in [0.3, 0.4) is 0 Å². The lowest BCUT2D eigenvalue weighted by atomic mass is 10.1. The molecule has 24 heavy (non-hydrogen) atoms. The number of halogens is 1. The van der Waals surface area contributed by atoms with E-state index in [2.05, 4.69) is 26.6 Å². The SMILES string of the molecule is Cc1c(C(=O)NCC(=O)Nc2ccccc2)oc2ccc(Br)cc12. The van der Waals surface area contributed by atoms with Gasteiger partial charge in [-0.1, -0.05) is 34.1 Å². The average molecular weight is 387 g/mol. The second kappa shape index (κ2) is 6.88. The molecule has 0 unspecified atom stereocenters. The first-order valence-corrected chi connectivity index (χ1v) is 8.15. The van der Waals surface area contributed by atoms with Crippen molar-refractivity contribution in [2.24, 2.45) is 0 Å². The van der Waals surface area contributed by atoms with Crippen LogP contribution in [-0.4, -0.2) is 18.4 Å². The van der Waals surface area contributed by atoms with E-state index in [1.165, 1.54) is 0 Å². The lowest BCUT2D eigenvalue weighted by molar-refractivity contribution is -0.115. The quantitative estimate of drug-likeness (QED) is 0.714. The number of anilines is 1. The van der Waals surface area contributed by atoms with E-state index in [0.717, 1.165) is 15.4 Å². The molecule has 0 saturated carbocycles. The highest BCUT2D eigenvalue weighted by Crippen LogP contribution is 2.27. The Morgan fingerprint density at radius 3 is 2.62 bits per heavy atom. The summed E-state index contributed by atoms with van der Waals surface area (Å²) in [5.41, 5.74) is 2.06. The summed E-state index contributed by atoms with van der Waals surface area (Å²) in [6, 6.07) is 14.6. The highest BCUT2D eigenvalue weighted by atomic mass is 79.9. The lowest BCUT2D eigenvalue weighted by Gasteiger charge is -2.06. The van der Waals surface area contributed by atoms with E-state index in [1.807, 2.05) is 37.3 Å². The van der Waals surface area contributed by atoms with E-state index in [0.29, 0.717) is 11.3 Å². The van der Waals surface area contributed by atoms with Crippen LogP contribution >= 0.6 is 15.9 Å². The molecular formula is C18H15BrN2O3. The van der Waals surface area contributed by atoms with Gasteiger partial charge >= 0.3 is 0 Å².